The van der Waals surface area contributed by atoms with Gasteiger partial charge in [0.1, 0.15) is 10.5 Å². The molecule has 1 fully saturated rings. The first-order valence-corrected chi connectivity index (χ1v) is 8.10. The van der Waals surface area contributed by atoms with Crippen molar-refractivity contribution in [3.8, 4) is 0 Å². The maximum absolute atomic E-state index is 12.0. The molecule has 0 bridgehead atoms. The zero-order valence-corrected chi connectivity index (χ0v) is 14.8. The molecule has 24 heavy (non-hydrogen) atoms. The Morgan fingerprint density at radius 1 is 1.46 bits per heavy atom. The van der Waals surface area contributed by atoms with Crippen LogP contribution in [0.2, 0.25) is 0 Å². The van der Waals surface area contributed by atoms with E-state index in [4.69, 9.17) is 5.73 Å². The topological polar surface area (TPSA) is 130 Å². The smallest absolute Gasteiger partial charge is 0.325 e. The van der Waals surface area contributed by atoms with E-state index in [0.717, 1.165) is 10.6 Å². The van der Waals surface area contributed by atoms with Gasteiger partial charge in [-0.15, -0.1) is 0 Å². The van der Waals surface area contributed by atoms with Gasteiger partial charge in [-0.1, -0.05) is 0 Å². The second-order valence-corrected chi connectivity index (χ2v) is 6.81. The van der Waals surface area contributed by atoms with E-state index in [-0.39, 0.29) is 18.9 Å². The van der Waals surface area contributed by atoms with Crippen LogP contribution in [-0.4, -0.2) is 44.9 Å². The Bertz CT molecular complexity index is 705. The Morgan fingerprint density at radius 2 is 2.12 bits per heavy atom. The van der Waals surface area contributed by atoms with Crippen molar-refractivity contribution in [2.45, 2.75) is 39.7 Å². The number of hydrogen-bond acceptors (Lipinski definition) is 7. The van der Waals surface area contributed by atoms with Gasteiger partial charge >= 0.3 is 6.03 Å². The average Bonchev–Trinajstić information content (AvgIpc) is 2.92. The molecule has 2 heterocycles. The molecule has 0 aliphatic carbocycles. The Hall–Kier alpha value is -2.49. The SMILES string of the molecule is C/C(=N/NC(=O)CCN1C(=O)NC(C)(C)C1=O)c1c(C)nsc1N. The van der Waals surface area contributed by atoms with Gasteiger partial charge in [-0.05, 0) is 39.2 Å². The number of aromatic nitrogens is 1. The lowest BCUT2D eigenvalue weighted by molar-refractivity contribution is -0.130. The fraction of sp³-hybridized carbons (Fsp3) is 0.500. The van der Waals surface area contributed by atoms with Crippen LogP contribution in [0.3, 0.4) is 0 Å². The van der Waals surface area contributed by atoms with Crippen molar-refractivity contribution in [3.63, 3.8) is 0 Å². The highest BCUT2D eigenvalue weighted by molar-refractivity contribution is 7.10. The van der Waals surface area contributed by atoms with Crippen LogP contribution in [-0.2, 0) is 9.59 Å². The summed E-state index contributed by atoms with van der Waals surface area (Å²) in [7, 11) is 0. The summed E-state index contributed by atoms with van der Waals surface area (Å²) in [5.74, 6) is -0.758. The number of urea groups is 1. The lowest BCUT2D eigenvalue weighted by atomic mass is 10.1. The van der Waals surface area contributed by atoms with Crippen LogP contribution in [0.25, 0.3) is 0 Å². The first-order valence-electron chi connectivity index (χ1n) is 7.33. The number of anilines is 1. The number of hydrazone groups is 1. The molecule has 1 saturated heterocycles. The molecular weight excluding hydrogens is 332 g/mol. The monoisotopic (exact) mass is 352 g/mol. The van der Waals surface area contributed by atoms with Crippen LogP contribution in [0.15, 0.2) is 5.10 Å². The highest BCUT2D eigenvalue weighted by Crippen LogP contribution is 2.21. The summed E-state index contributed by atoms with van der Waals surface area (Å²) in [6.45, 7) is 6.75. The zero-order valence-electron chi connectivity index (χ0n) is 14.0. The van der Waals surface area contributed by atoms with Crippen LogP contribution in [0.5, 0.6) is 0 Å². The number of nitrogen functional groups attached to an aromatic ring is 1. The Balaban J connectivity index is 1.92. The molecule has 0 unspecified atom stereocenters. The molecule has 10 heteroatoms. The van der Waals surface area contributed by atoms with E-state index in [9.17, 15) is 14.4 Å². The molecule has 4 N–H and O–H groups in total. The largest absolute Gasteiger partial charge is 0.389 e. The van der Waals surface area contributed by atoms with Gasteiger partial charge in [0, 0.05) is 13.0 Å². The maximum atomic E-state index is 12.0. The fourth-order valence-corrected chi connectivity index (χ4v) is 3.03. The standard InChI is InChI=1S/C14H20N6O3S/c1-7(10-8(2)19-24-11(10)15)17-18-9(21)5-6-20-12(22)14(3,4)16-13(20)23/h5-6,15H2,1-4H3,(H,16,23)(H,18,21)/b17-7-. The van der Waals surface area contributed by atoms with Crippen molar-refractivity contribution >= 4 is 40.1 Å². The molecule has 0 spiro atoms. The van der Waals surface area contributed by atoms with Gasteiger partial charge in [-0.25, -0.2) is 10.2 Å². The lowest BCUT2D eigenvalue weighted by Gasteiger charge is -2.15. The molecule has 9 nitrogen and oxygen atoms in total. The third kappa shape index (κ3) is 3.53. The van der Waals surface area contributed by atoms with E-state index in [1.165, 1.54) is 11.5 Å². The van der Waals surface area contributed by atoms with Crippen molar-refractivity contribution in [3.05, 3.63) is 11.3 Å². The highest BCUT2D eigenvalue weighted by atomic mass is 32.1. The number of amides is 4. The predicted molar refractivity (Wildman–Crippen MR) is 90.6 cm³/mol. The van der Waals surface area contributed by atoms with Crippen molar-refractivity contribution in [1.29, 1.82) is 0 Å². The molecule has 1 aliphatic rings. The molecule has 0 aromatic carbocycles. The summed E-state index contributed by atoms with van der Waals surface area (Å²) in [5, 5.41) is 7.09. The third-order valence-corrected chi connectivity index (χ3v) is 4.37. The van der Waals surface area contributed by atoms with Gasteiger partial charge in [0.25, 0.3) is 5.91 Å². The van der Waals surface area contributed by atoms with Crippen LogP contribution >= 0.6 is 11.5 Å². The van der Waals surface area contributed by atoms with Crippen molar-refractivity contribution in [1.82, 2.24) is 20.0 Å². The molecule has 1 aromatic rings. The molecule has 0 radical (unpaired) electrons. The first-order chi connectivity index (χ1) is 11.1. The normalized spacial score (nSPS) is 17.2. The van der Waals surface area contributed by atoms with E-state index >= 15 is 0 Å². The predicted octanol–water partition coefficient (Wildman–Crippen LogP) is 0.594. The summed E-state index contributed by atoms with van der Waals surface area (Å²) < 4.78 is 4.12. The van der Waals surface area contributed by atoms with E-state index in [1.807, 2.05) is 6.92 Å². The molecule has 4 amide bonds. The second-order valence-electron chi connectivity index (χ2n) is 6.00. The van der Waals surface area contributed by atoms with Gasteiger partial charge in [0.2, 0.25) is 5.91 Å². The first kappa shape index (κ1) is 17.9. The highest BCUT2D eigenvalue weighted by Gasteiger charge is 2.43. The minimum absolute atomic E-state index is 0.00429. The Labute approximate surface area is 143 Å². The van der Waals surface area contributed by atoms with Crippen LogP contribution in [0, 0.1) is 6.92 Å². The number of carbonyl (C=O) groups is 3. The number of aryl methyl sites for hydroxylation is 1. The molecule has 1 aliphatic heterocycles. The van der Waals surface area contributed by atoms with E-state index in [0.29, 0.717) is 16.3 Å². The minimum atomic E-state index is -0.941. The molecule has 130 valence electrons. The number of carbonyl (C=O) groups excluding carboxylic acids is 3. The number of rotatable bonds is 5. The summed E-state index contributed by atoms with van der Waals surface area (Å²) in [6.07, 6.45) is -0.0393. The van der Waals surface area contributed by atoms with Gasteiger partial charge in [-0.2, -0.15) is 9.47 Å². The van der Waals surface area contributed by atoms with Crippen molar-refractivity contribution < 1.29 is 14.4 Å². The molecule has 0 atom stereocenters. The second kappa shape index (κ2) is 6.56. The van der Waals surface area contributed by atoms with E-state index < -0.39 is 17.5 Å². The summed E-state index contributed by atoms with van der Waals surface area (Å²) >= 11 is 1.17. The van der Waals surface area contributed by atoms with Crippen molar-refractivity contribution in [2.24, 2.45) is 5.10 Å². The molecule has 1 aromatic heterocycles. The van der Waals surface area contributed by atoms with Crippen LogP contribution in [0.1, 0.15) is 38.4 Å². The summed E-state index contributed by atoms with van der Waals surface area (Å²) in [6, 6.07) is -0.495. The number of nitrogens with one attached hydrogen (secondary N) is 2. The summed E-state index contributed by atoms with van der Waals surface area (Å²) in [5.41, 5.74) is 9.27. The van der Waals surface area contributed by atoms with Gasteiger partial charge in [0.05, 0.1) is 17.0 Å². The van der Waals surface area contributed by atoms with E-state index in [2.05, 4.69) is 20.2 Å². The summed E-state index contributed by atoms with van der Waals surface area (Å²) in [4.78, 5) is 36.6. The number of hydrogen-bond donors (Lipinski definition) is 3. The number of nitrogens with zero attached hydrogens (tertiary/aromatic N) is 3. The fourth-order valence-electron chi connectivity index (χ4n) is 2.32. The zero-order chi connectivity index (χ0) is 18.1. The average molecular weight is 352 g/mol. The lowest BCUT2D eigenvalue weighted by Crippen LogP contribution is -2.40. The minimum Gasteiger partial charge on any atom is -0.389 e. The van der Waals surface area contributed by atoms with Crippen LogP contribution in [0.4, 0.5) is 9.80 Å². The van der Waals surface area contributed by atoms with Gasteiger partial charge < -0.3 is 11.1 Å². The van der Waals surface area contributed by atoms with Crippen LogP contribution < -0.4 is 16.5 Å². The number of nitrogens with two attached hydrogens (primary N) is 1. The molecule has 2 rings (SSSR count). The van der Waals surface area contributed by atoms with Crippen molar-refractivity contribution in [2.75, 3.05) is 12.3 Å². The molecular formula is C14H20N6O3S. The Kier molecular flexibility index (Phi) is 4.88. The quantitative estimate of drug-likeness (QED) is 0.406. The maximum Gasteiger partial charge on any atom is 0.325 e. The number of imide groups is 1. The third-order valence-electron chi connectivity index (χ3n) is 3.61. The van der Waals surface area contributed by atoms with Gasteiger partial charge in [-0.3, -0.25) is 14.5 Å². The Morgan fingerprint density at radius 3 is 2.62 bits per heavy atom. The molecule has 0 saturated carbocycles. The van der Waals surface area contributed by atoms with E-state index in [1.54, 1.807) is 20.8 Å². The van der Waals surface area contributed by atoms with Gasteiger partial charge in [0.15, 0.2) is 0 Å².